The topological polar surface area (TPSA) is 69.3 Å². The number of carbonyl (C=O) groups is 1. The summed E-state index contributed by atoms with van der Waals surface area (Å²) in [4.78, 5) is 38.5. The van der Waals surface area contributed by atoms with Crippen LogP contribution in [0.5, 0.6) is 0 Å². The number of H-pyrrole nitrogens is 1. The molecule has 0 bridgehead atoms. The molecule has 1 N–H and O–H groups in total. The van der Waals surface area contributed by atoms with Crippen molar-refractivity contribution in [3.05, 3.63) is 63.3 Å². The zero-order chi connectivity index (χ0) is 22.8. The van der Waals surface area contributed by atoms with Crippen LogP contribution in [-0.4, -0.2) is 44.8 Å². The van der Waals surface area contributed by atoms with Gasteiger partial charge in [0.05, 0.1) is 17.3 Å². The molecule has 3 aliphatic rings. The van der Waals surface area contributed by atoms with E-state index in [2.05, 4.69) is 28.9 Å². The second-order valence-corrected chi connectivity index (χ2v) is 10.2. The SMILES string of the molecule is CC1CCC(N2CCc3nc(C4CCCN4C(=O)CCc4ccccc4)[nH]c(=O)c3C2)CC1. The van der Waals surface area contributed by atoms with E-state index in [4.69, 9.17) is 4.98 Å². The van der Waals surface area contributed by atoms with Gasteiger partial charge in [0.25, 0.3) is 5.56 Å². The molecule has 1 saturated heterocycles. The van der Waals surface area contributed by atoms with E-state index < -0.39 is 0 Å². The van der Waals surface area contributed by atoms with Crippen LogP contribution in [0.1, 0.15) is 80.6 Å². The maximum absolute atomic E-state index is 13.1. The van der Waals surface area contributed by atoms with E-state index in [-0.39, 0.29) is 17.5 Å². The predicted molar refractivity (Wildman–Crippen MR) is 129 cm³/mol. The fourth-order valence-electron chi connectivity index (χ4n) is 5.93. The summed E-state index contributed by atoms with van der Waals surface area (Å²) in [5.41, 5.74) is 2.95. The van der Waals surface area contributed by atoms with Crippen molar-refractivity contribution in [2.75, 3.05) is 13.1 Å². The van der Waals surface area contributed by atoms with Gasteiger partial charge in [-0.25, -0.2) is 4.98 Å². The molecule has 176 valence electrons. The van der Waals surface area contributed by atoms with E-state index in [0.29, 0.717) is 24.8 Å². The van der Waals surface area contributed by atoms with Crippen molar-refractivity contribution in [3.63, 3.8) is 0 Å². The van der Waals surface area contributed by atoms with Crippen molar-refractivity contribution in [1.82, 2.24) is 19.8 Å². The Kier molecular flexibility index (Phi) is 6.63. The lowest BCUT2D eigenvalue weighted by Crippen LogP contribution is -2.44. The average molecular weight is 449 g/mol. The summed E-state index contributed by atoms with van der Waals surface area (Å²) in [5.74, 6) is 1.67. The van der Waals surface area contributed by atoms with E-state index in [9.17, 15) is 9.59 Å². The number of aromatic nitrogens is 2. The number of likely N-dealkylation sites (tertiary alicyclic amines) is 1. The summed E-state index contributed by atoms with van der Waals surface area (Å²) in [5, 5.41) is 0. The third kappa shape index (κ3) is 4.91. The molecule has 1 aromatic heterocycles. The molecule has 6 nitrogen and oxygen atoms in total. The van der Waals surface area contributed by atoms with Gasteiger partial charge >= 0.3 is 0 Å². The normalized spacial score (nSPS) is 25.7. The Bertz CT molecular complexity index is 1030. The van der Waals surface area contributed by atoms with Crippen molar-refractivity contribution >= 4 is 5.91 Å². The van der Waals surface area contributed by atoms with E-state index in [1.54, 1.807) is 0 Å². The van der Waals surface area contributed by atoms with Crippen LogP contribution in [0.25, 0.3) is 0 Å². The summed E-state index contributed by atoms with van der Waals surface area (Å²) in [6, 6.07) is 10.6. The quantitative estimate of drug-likeness (QED) is 0.751. The molecule has 3 heterocycles. The highest BCUT2D eigenvalue weighted by atomic mass is 16.2. The largest absolute Gasteiger partial charge is 0.333 e. The van der Waals surface area contributed by atoms with Crippen molar-refractivity contribution in [2.45, 2.75) is 83.3 Å². The molecule has 1 unspecified atom stereocenters. The summed E-state index contributed by atoms with van der Waals surface area (Å²) >= 11 is 0. The van der Waals surface area contributed by atoms with Gasteiger partial charge in [-0.3, -0.25) is 14.5 Å². The Balaban J connectivity index is 1.27. The number of rotatable bonds is 5. The van der Waals surface area contributed by atoms with Crippen molar-refractivity contribution in [3.8, 4) is 0 Å². The van der Waals surface area contributed by atoms with E-state index >= 15 is 0 Å². The molecular weight excluding hydrogens is 412 g/mol. The lowest BCUT2D eigenvalue weighted by Gasteiger charge is -2.38. The maximum Gasteiger partial charge on any atom is 0.255 e. The Morgan fingerprint density at radius 1 is 1.09 bits per heavy atom. The lowest BCUT2D eigenvalue weighted by molar-refractivity contribution is -0.132. The van der Waals surface area contributed by atoms with Gasteiger partial charge in [0.1, 0.15) is 5.82 Å². The maximum atomic E-state index is 13.1. The molecule has 33 heavy (non-hydrogen) atoms. The minimum Gasteiger partial charge on any atom is -0.333 e. The number of benzene rings is 1. The number of nitrogens with zero attached hydrogens (tertiary/aromatic N) is 3. The summed E-state index contributed by atoms with van der Waals surface area (Å²) in [7, 11) is 0. The molecule has 2 aromatic rings. The molecular formula is C27H36N4O2. The van der Waals surface area contributed by atoms with Crippen LogP contribution in [0, 0.1) is 5.92 Å². The van der Waals surface area contributed by atoms with Gasteiger partial charge in [0, 0.05) is 38.5 Å². The smallest absolute Gasteiger partial charge is 0.255 e. The first kappa shape index (κ1) is 22.3. The van der Waals surface area contributed by atoms with Crippen LogP contribution in [0.3, 0.4) is 0 Å². The molecule has 1 aromatic carbocycles. The number of nitrogens with one attached hydrogen (secondary N) is 1. The Hall–Kier alpha value is -2.47. The Labute approximate surface area is 196 Å². The number of hydrogen-bond donors (Lipinski definition) is 1. The third-order valence-corrected chi connectivity index (χ3v) is 7.98. The number of aryl methyl sites for hydroxylation is 1. The molecule has 2 aliphatic heterocycles. The van der Waals surface area contributed by atoms with Gasteiger partial charge in [-0.2, -0.15) is 0 Å². The van der Waals surface area contributed by atoms with Crippen LogP contribution in [0.15, 0.2) is 35.1 Å². The highest BCUT2D eigenvalue weighted by Crippen LogP contribution is 2.32. The number of carbonyl (C=O) groups excluding carboxylic acids is 1. The van der Waals surface area contributed by atoms with Gasteiger partial charge in [-0.05, 0) is 56.4 Å². The van der Waals surface area contributed by atoms with Gasteiger partial charge in [-0.1, -0.05) is 37.3 Å². The molecule has 0 radical (unpaired) electrons. The monoisotopic (exact) mass is 448 g/mol. The van der Waals surface area contributed by atoms with Gasteiger partial charge < -0.3 is 9.88 Å². The number of amides is 1. The first-order valence-electron chi connectivity index (χ1n) is 12.8. The molecule has 0 spiro atoms. The summed E-state index contributed by atoms with van der Waals surface area (Å²) < 4.78 is 0. The first-order valence-corrected chi connectivity index (χ1v) is 12.8. The fraction of sp³-hybridized carbons (Fsp3) is 0.593. The zero-order valence-electron chi connectivity index (χ0n) is 19.8. The van der Waals surface area contributed by atoms with E-state index in [1.807, 2.05) is 23.1 Å². The molecule has 1 amide bonds. The number of fused-ring (bicyclic) bond motifs is 1. The Morgan fingerprint density at radius 2 is 1.88 bits per heavy atom. The molecule has 5 rings (SSSR count). The van der Waals surface area contributed by atoms with Crippen molar-refractivity contribution in [1.29, 1.82) is 0 Å². The molecule has 1 saturated carbocycles. The Morgan fingerprint density at radius 3 is 2.67 bits per heavy atom. The second-order valence-electron chi connectivity index (χ2n) is 10.2. The minimum absolute atomic E-state index is 0.00698. The first-order chi connectivity index (χ1) is 16.1. The third-order valence-electron chi connectivity index (χ3n) is 7.98. The van der Waals surface area contributed by atoms with Crippen LogP contribution in [0.2, 0.25) is 0 Å². The number of hydrogen-bond acceptors (Lipinski definition) is 4. The highest BCUT2D eigenvalue weighted by Gasteiger charge is 2.34. The molecule has 2 fully saturated rings. The van der Waals surface area contributed by atoms with Gasteiger partial charge in [-0.15, -0.1) is 0 Å². The van der Waals surface area contributed by atoms with Crippen molar-refractivity contribution in [2.24, 2.45) is 5.92 Å². The second kappa shape index (κ2) is 9.80. The summed E-state index contributed by atoms with van der Waals surface area (Å²) in [6.07, 6.45) is 8.94. The number of aromatic amines is 1. The highest BCUT2D eigenvalue weighted by molar-refractivity contribution is 5.77. The van der Waals surface area contributed by atoms with Crippen LogP contribution < -0.4 is 5.56 Å². The fourth-order valence-corrected chi connectivity index (χ4v) is 5.93. The van der Waals surface area contributed by atoms with Crippen LogP contribution in [-0.2, 0) is 24.2 Å². The predicted octanol–water partition coefficient (Wildman–Crippen LogP) is 4.00. The zero-order valence-corrected chi connectivity index (χ0v) is 19.8. The molecule has 1 atom stereocenters. The van der Waals surface area contributed by atoms with Gasteiger partial charge in [0.2, 0.25) is 5.91 Å². The standard InChI is InChI=1S/C27H36N4O2/c1-19-9-12-21(13-10-19)30-17-15-23-22(18-30)27(33)29-26(28-23)24-8-5-16-31(24)25(32)14-11-20-6-3-2-4-7-20/h2-4,6-7,19,21,24H,5,8-18H2,1H3,(H,28,29,33). The average Bonchev–Trinajstić information content (AvgIpc) is 3.34. The van der Waals surface area contributed by atoms with Crippen LogP contribution in [0.4, 0.5) is 0 Å². The molecule has 1 aliphatic carbocycles. The minimum atomic E-state index is -0.107. The summed E-state index contributed by atoms with van der Waals surface area (Å²) in [6.45, 7) is 4.78. The van der Waals surface area contributed by atoms with Crippen molar-refractivity contribution < 1.29 is 4.79 Å². The van der Waals surface area contributed by atoms with E-state index in [1.165, 1.54) is 31.2 Å². The molecule has 6 heteroatoms. The van der Waals surface area contributed by atoms with Gasteiger partial charge in [0.15, 0.2) is 0 Å². The van der Waals surface area contributed by atoms with Crippen LogP contribution >= 0.6 is 0 Å². The lowest BCUT2D eigenvalue weighted by atomic mass is 9.86. The van der Waals surface area contributed by atoms with E-state index in [0.717, 1.165) is 55.9 Å².